The van der Waals surface area contributed by atoms with E-state index in [1.807, 2.05) is 23.1 Å². The first-order chi connectivity index (χ1) is 11.4. The van der Waals surface area contributed by atoms with Crippen LogP contribution in [0.3, 0.4) is 0 Å². The Balaban J connectivity index is 1.25. The number of hydrogen-bond donors (Lipinski definition) is 2. The lowest BCUT2D eigenvalue weighted by atomic mass is 10.1. The molecular weight excluding hydrogens is 288 g/mol. The number of nitrogens with one attached hydrogen (secondary N) is 2. The lowest BCUT2D eigenvalue weighted by Gasteiger charge is -2.25. The van der Waals surface area contributed by atoms with Gasteiger partial charge in [-0.15, -0.1) is 0 Å². The maximum Gasteiger partial charge on any atom is 0.128 e. The Kier molecular flexibility index (Phi) is 4.15. The largest absolute Gasteiger partial charge is 0.370 e. The van der Waals surface area contributed by atoms with E-state index in [2.05, 4.69) is 37.7 Å². The highest BCUT2D eigenvalue weighted by Crippen LogP contribution is 2.18. The molecule has 1 saturated heterocycles. The van der Waals surface area contributed by atoms with Gasteiger partial charge in [-0.3, -0.25) is 0 Å². The molecule has 1 fully saturated rings. The van der Waals surface area contributed by atoms with Gasteiger partial charge in [-0.2, -0.15) is 5.10 Å². The van der Waals surface area contributed by atoms with E-state index in [0.29, 0.717) is 5.92 Å². The summed E-state index contributed by atoms with van der Waals surface area (Å²) in [5.74, 6) is 2.82. The molecule has 0 aliphatic carbocycles. The zero-order valence-electron chi connectivity index (χ0n) is 13.4. The van der Waals surface area contributed by atoms with Crippen LogP contribution in [-0.2, 0) is 13.1 Å². The Morgan fingerprint density at radius 3 is 2.96 bits per heavy atom. The molecule has 1 atom stereocenters. The molecule has 2 aliphatic heterocycles. The van der Waals surface area contributed by atoms with Crippen LogP contribution in [-0.4, -0.2) is 40.9 Å². The van der Waals surface area contributed by atoms with Crippen LogP contribution >= 0.6 is 0 Å². The molecule has 0 amide bonds. The predicted octanol–water partition coefficient (Wildman–Crippen LogP) is 1.71. The first-order valence-electron chi connectivity index (χ1n) is 8.55. The van der Waals surface area contributed by atoms with Gasteiger partial charge in [0.25, 0.3) is 0 Å². The van der Waals surface area contributed by atoms with Gasteiger partial charge in [-0.1, -0.05) is 6.07 Å². The van der Waals surface area contributed by atoms with E-state index in [4.69, 9.17) is 0 Å². The van der Waals surface area contributed by atoms with Crippen LogP contribution < -0.4 is 15.5 Å². The molecule has 2 aliphatic rings. The van der Waals surface area contributed by atoms with Crippen molar-refractivity contribution in [3.05, 3.63) is 36.2 Å². The molecule has 0 aromatic carbocycles. The van der Waals surface area contributed by atoms with E-state index >= 15 is 0 Å². The highest BCUT2D eigenvalue weighted by Gasteiger charge is 2.17. The maximum atomic E-state index is 4.61. The van der Waals surface area contributed by atoms with Crippen molar-refractivity contribution >= 4 is 11.6 Å². The van der Waals surface area contributed by atoms with Crippen molar-refractivity contribution in [3.63, 3.8) is 0 Å². The molecule has 1 unspecified atom stereocenters. The van der Waals surface area contributed by atoms with Gasteiger partial charge in [0.2, 0.25) is 0 Å². The Hall–Kier alpha value is -2.08. The summed E-state index contributed by atoms with van der Waals surface area (Å²) in [6.45, 7) is 6.14. The fourth-order valence-electron chi connectivity index (χ4n) is 3.40. The summed E-state index contributed by atoms with van der Waals surface area (Å²) in [7, 11) is 0. The Labute approximate surface area is 136 Å². The van der Waals surface area contributed by atoms with Crippen LogP contribution in [0.2, 0.25) is 0 Å². The van der Waals surface area contributed by atoms with E-state index in [9.17, 15) is 0 Å². The number of fused-ring (bicyclic) bond motifs is 1. The van der Waals surface area contributed by atoms with E-state index in [1.54, 1.807) is 0 Å². The third-order valence-corrected chi connectivity index (χ3v) is 4.72. The first kappa shape index (κ1) is 14.5. The fourth-order valence-corrected chi connectivity index (χ4v) is 3.40. The van der Waals surface area contributed by atoms with Gasteiger partial charge in [0.05, 0.1) is 6.20 Å². The molecule has 4 rings (SSSR count). The molecule has 2 aromatic rings. The SMILES string of the molecule is c1cc2n(n1)CC(CNCc1ccc(N3CCCC3)nc1)CN2. The Bertz CT molecular complexity index is 629. The molecule has 4 heterocycles. The van der Waals surface area contributed by atoms with E-state index in [-0.39, 0.29) is 0 Å². The monoisotopic (exact) mass is 312 g/mol. The molecule has 0 spiro atoms. The third-order valence-electron chi connectivity index (χ3n) is 4.72. The Morgan fingerprint density at radius 1 is 1.22 bits per heavy atom. The van der Waals surface area contributed by atoms with Crippen molar-refractivity contribution in [1.82, 2.24) is 20.1 Å². The number of rotatable bonds is 5. The van der Waals surface area contributed by atoms with Crippen molar-refractivity contribution in [1.29, 1.82) is 0 Å². The van der Waals surface area contributed by atoms with Gasteiger partial charge >= 0.3 is 0 Å². The lowest BCUT2D eigenvalue weighted by molar-refractivity contribution is 0.391. The number of hydrogen-bond acceptors (Lipinski definition) is 5. The average Bonchev–Trinajstić information content (AvgIpc) is 3.27. The first-order valence-corrected chi connectivity index (χ1v) is 8.55. The second kappa shape index (κ2) is 6.58. The van der Waals surface area contributed by atoms with Crippen LogP contribution in [0.1, 0.15) is 18.4 Å². The highest BCUT2D eigenvalue weighted by atomic mass is 15.3. The van der Waals surface area contributed by atoms with Crippen molar-refractivity contribution < 1.29 is 0 Å². The Morgan fingerprint density at radius 2 is 2.13 bits per heavy atom. The van der Waals surface area contributed by atoms with Crippen LogP contribution in [0.15, 0.2) is 30.6 Å². The quantitative estimate of drug-likeness (QED) is 0.880. The minimum absolute atomic E-state index is 0.569. The minimum atomic E-state index is 0.569. The molecule has 6 heteroatoms. The second-order valence-corrected chi connectivity index (χ2v) is 6.50. The summed E-state index contributed by atoms with van der Waals surface area (Å²) in [4.78, 5) is 6.98. The standard InChI is InChI=1S/C17H24N6/c1-2-8-22(7-1)16-4-3-14(11-19-16)9-18-10-15-12-20-17-5-6-21-23(17)13-15/h3-6,11,15,18,20H,1-2,7-10,12-13H2. The van der Waals surface area contributed by atoms with Crippen molar-refractivity contribution in [2.45, 2.75) is 25.9 Å². The molecule has 0 bridgehead atoms. The summed E-state index contributed by atoms with van der Waals surface area (Å²) in [5, 5.41) is 11.3. The van der Waals surface area contributed by atoms with Crippen LogP contribution in [0.5, 0.6) is 0 Å². The molecule has 0 saturated carbocycles. The summed E-state index contributed by atoms with van der Waals surface area (Å²) in [6.07, 6.45) is 6.44. The number of pyridine rings is 1. The highest BCUT2D eigenvalue weighted by molar-refractivity contribution is 5.40. The zero-order chi connectivity index (χ0) is 15.5. The molecule has 2 aromatic heterocycles. The minimum Gasteiger partial charge on any atom is -0.370 e. The predicted molar refractivity (Wildman–Crippen MR) is 91.6 cm³/mol. The summed E-state index contributed by atoms with van der Waals surface area (Å²) >= 11 is 0. The van der Waals surface area contributed by atoms with E-state index in [1.165, 1.54) is 18.4 Å². The normalized spacial score (nSPS) is 20.3. The fraction of sp³-hybridized carbons (Fsp3) is 0.529. The molecule has 2 N–H and O–H groups in total. The van der Waals surface area contributed by atoms with Crippen molar-refractivity contribution in [2.24, 2.45) is 5.92 Å². The van der Waals surface area contributed by atoms with Gasteiger partial charge in [0.1, 0.15) is 11.6 Å². The van der Waals surface area contributed by atoms with Gasteiger partial charge < -0.3 is 15.5 Å². The number of aromatic nitrogens is 3. The van der Waals surface area contributed by atoms with Crippen molar-refractivity contribution in [3.8, 4) is 0 Å². The summed E-state index contributed by atoms with van der Waals surface area (Å²) in [6, 6.07) is 6.37. The van der Waals surface area contributed by atoms with E-state index < -0.39 is 0 Å². The van der Waals surface area contributed by atoms with Gasteiger partial charge in [0.15, 0.2) is 0 Å². The average molecular weight is 312 g/mol. The van der Waals surface area contributed by atoms with Gasteiger partial charge in [0, 0.05) is 57.4 Å². The third kappa shape index (κ3) is 3.32. The molecule has 23 heavy (non-hydrogen) atoms. The lowest BCUT2D eigenvalue weighted by Crippen LogP contribution is -2.35. The van der Waals surface area contributed by atoms with Crippen LogP contribution in [0, 0.1) is 5.92 Å². The van der Waals surface area contributed by atoms with E-state index in [0.717, 1.165) is 50.9 Å². The smallest absolute Gasteiger partial charge is 0.128 e. The van der Waals surface area contributed by atoms with Gasteiger partial charge in [-0.05, 0) is 24.5 Å². The second-order valence-electron chi connectivity index (χ2n) is 6.50. The molecular formula is C17H24N6. The summed E-state index contributed by atoms with van der Waals surface area (Å²) in [5.41, 5.74) is 1.25. The maximum absolute atomic E-state index is 4.61. The van der Waals surface area contributed by atoms with Crippen molar-refractivity contribution in [2.75, 3.05) is 36.4 Å². The molecule has 0 radical (unpaired) electrons. The summed E-state index contributed by atoms with van der Waals surface area (Å²) < 4.78 is 2.04. The number of anilines is 2. The topological polar surface area (TPSA) is 58.0 Å². The van der Waals surface area contributed by atoms with Crippen LogP contribution in [0.25, 0.3) is 0 Å². The molecule has 6 nitrogen and oxygen atoms in total. The zero-order valence-corrected chi connectivity index (χ0v) is 13.4. The number of nitrogens with zero attached hydrogens (tertiary/aromatic N) is 4. The molecule has 122 valence electrons. The van der Waals surface area contributed by atoms with Gasteiger partial charge in [-0.25, -0.2) is 9.67 Å². The van der Waals surface area contributed by atoms with Crippen LogP contribution in [0.4, 0.5) is 11.6 Å².